The summed E-state index contributed by atoms with van der Waals surface area (Å²) in [5.74, 6) is 1.10. The highest BCUT2D eigenvalue weighted by molar-refractivity contribution is 5.09. The summed E-state index contributed by atoms with van der Waals surface area (Å²) >= 11 is 0. The van der Waals surface area contributed by atoms with Crippen molar-refractivity contribution in [3.8, 4) is 0 Å². The summed E-state index contributed by atoms with van der Waals surface area (Å²) in [6.45, 7) is 8.55. The fraction of sp³-hybridized carbons (Fsp3) is 0.400. The molecule has 2 aromatic heterocycles. The van der Waals surface area contributed by atoms with E-state index in [1.807, 2.05) is 30.5 Å². The summed E-state index contributed by atoms with van der Waals surface area (Å²) in [6.07, 6.45) is 5.34. The van der Waals surface area contributed by atoms with Gasteiger partial charge in [-0.1, -0.05) is 33.8 Å². The van der Waals surface area contributed by atoms with E-state index in [-0.39, 0.29) is 0 Å². The first-order valence-corrected chi connectivity index (χ1v) is 6.28. The molecule has 0 spiro atoms. The van der Waals surface area contributed by atoms with Crippen molar-refractivity contribution in [1.29, 1.82) is 0 Å². The molecule has 96 valence electrons. The maximum atomic E-state index is 4.18. The predicted octanol–water partition coefficient (Wildman–Crippen LogP) is 3.81. The lowest BCUT2D eigenvalue weighted by Crippen LogP contribution is -1.88. The van der Waals surface area contributed by atoms with Gasteiger partial charge in [0.15, 0.2) is 0 Å². The minimum Gasteiger partial charge on any atom is -0.261 e. The third-order valence-electron chi connectivity index (χ3n) is 2.55. The molecule has 0 atom stereocenters. The largest absolute Gasteiger partial charge is 0.261 e. The molecule has 0 aliphatic carbocycles. The zero-order valence-corrected chi connectivity index (χ0v) is 11.5. The average Bonchev–Trinajstić information content (AvgIpc) is 2.41. The summed E-state index contributed by atoms with van der Waals surface area (Å²) in [5, 5.41) is 7.43. The Morgan fingerprint density at radius 3 is 1.94 bits per heavy atom. The second-order valence-corrected chi connectivity index (χ2v) is 4.74. The minimum atomic E-state index is 0.547. The van der Waals surface area contributed by atoms with Crippen LogP contribution in [0, 0.1) is 0 Å². The molecule has 0 radical (unpaired) electrons. The average molecular weight is 243 g/mol. The van der Waals surface area contributed by atoms with Crippen molar-refractivity contribution < 1.29 is 0 Å². The van der Waals surface area contributed by atoms with Crippen LogP contribution >= 0.6 is 0 Å². The first-order valence-electron chi connectivity index (χ1n) is 6.28. The molecule has 2 heterocycles. The van der Waals surface area contributed by atoms with E-state index in [1.54, 1.807) is 12.4 Å². The number of rotatable bonds is 2. The quantitative estimate of drug-likeness (QED) is 0.805. The SMILES string of the molecule is CC(C)c1ccccn1.CC(C)c1ccnnc1. The van der Waals surface area contributed by atoms with E-state index in [0.717, 1.165) is 5.69 Å². The molecular weight excluding hydrogens is 222 g/mol. The Labute approximate surface area is 109 Å². The van der Waals surface area contributed by atoms with Crippen molar-refractivity contribution in [3.63, 3.8) is 0 Å². The van der Waals surface area contributed by atoms with Crippen molar-refractivity contribution >= 4 is 0 Å². The number of hydrogen-bond donors (Lipinski definition) is 0. The Hall–Kier alpha value is -1.77. The second-order valence-electron chi connectivity index (χ2n) is 4.74. The molecule has 2 aromatic rings. The molecule has 0 fully saturated rings. The van der Waals surface area contributed by atoms with Crippen molar-refractivity contribution in [2.75, 3.05) is 0 Å². The van der Waals surface area contributed by atoms with Crippen molar-refractivity contribution in [2.24, 2.45) is 0 Å². The van der Waals surface area contributed by atoms with Crippen LogP contribution in [0.1, 0.15) is 50.8 Å². The fourth-order valence-electron chi connectivity index (χ4n) is 1.36. The summed E-state index contributed by atoms with van der Waals surface area (Å²) in [6, 6.07) is 7.98. The van der Waals surface area contributed by atoms with Gasteiger partial charge < -0.3 is 0 Å². The van der Waals surface area contributed by atoms with E-state index < -0.39 is 0 Å². The zero-order valence-electron chi connectivity index (χ0n) is 11.5. The maximum Gasteiger partial charge on any atom is 0.0530 e. The van der Waals surface area contributed by atoms with E-state index in [4.69, 9.17) is 0 Å². The summed E-state index contributed by atoms with van der Waals surface area (Å²) in [7, 11) is 0. The Kier molecular flexibility index (Phi) is 5.98. The van der Waals surface area contributed by atoms with Gasteiger partial charge in [0.25, 0.3) is 0 Å². The van der Waals surface area contributed by atoms with E-state index in [0.29, 0.717) is 11.8 Å². The molecule has 0 saturated heterocycles. The lowest BCUT2D eigenvalue weighted by Gasteiger charge is -2.00. The highest BCUT2D eigenvalue weighted by Crippen LogP contribution is 2.09. The summed E-state index contributed by atoms with van der Waals surface area (Å²) in [4.78, 5) is 4.18. The lowest BCUT2D eigenvalue weighted by molar-refractivity contribution is 0.823. The van der Waals surface area contributed by atoms with Gasteiger partial charge in [0, 0.05) is 18.1 Å². The predicted molar refractivity (Wildman–Crippen MR) is 74.4 cm³/mol. The van der Waals surface area contributed by atoms with E-state index in [2.05, 4.69) is 42.9 Å². The smallest absolute Gasteiger partial charge is 0.0530 e. The van der Waals surface area contributed by atoms with Gasteiger partial charge in [0.1, 0.15) is 0 Å². The van der Waals surface area contributed by atoms with Crippen LogP contribution in [-0.4, -0.2) is 15.2 Å². The van der Waals surface area contributed by atoms with Crippen molar-refractivity contribution in [1.82, 2.24) is 15.2 Å². The first-order chi connectivity index (χ1) is 8.61. The molecule has 18 heavy (non-hydrogen) atoms. The monoisotopic (exact) mass is 243 g/mol. The molecule has 3 nitrogen and oxygen atoms in total. The van der Waals surface area contributed by atoms with Crippen molar-refractivity contribution in [3.05, 3.63) is 54.1 Å². The Morgan fingerprint density at radius 2 is 1.61 bits per heavy atom. The topological polar surface area (TPSA) is 38.7 Å². The molecule has 0 aliphatic rings. The summed E-state index contributed by atoms with van der Waals surface area (Å²) < 4.78 is 0. The third-order valence-corrected chi connectivity index (χ3v) is 2.55. The fourth-order valence-corrected chi connectivity index (χ4v) is 1.36. The molecule has 0 bridgehead atoms. The van der Waals surface area contributed by atoms with Crippen LogP contribution in [0.25, 0.3) is 0 Å². The van der Waals surface area contributed by atoms with Gasteiger partial charge in [-0.15, -0.1) is 0 Å². The van der Waals surface area contributed by atoms with E-state index >= 15 is 0 Å². The number of nitrogens with zero attached hydrogens (tertiary/aromatic N) is 3. The van der Waals surface area contributed by atoms with E-state index in [1.165, 1.54) is 5.56 Å². The van der Waals surface area contributed by atoms with Crippen LogP contribution in [0.2, 0.25) is 0 Å². The van der Waals surface area contributed by atoms with Crippen molar-refractivity contribution in [2.45, 2.75) is 39.5 Å². The van der Waals surface area contributed by atoms with E-state index in [9.17, 15) is 0 Å². The molecule has 0 unspecified atom stereocenters. The van der Waals surface area contributed by atoms with Crippen LogP contribution in [0.3, 0.4) is 0 Å². The number of aromatic nitrogens is 3. The van der Waals surface area contributed by atoms with Crippen LogP contribution in [-0.2, 0) is 0 Å². The van der Waals surface area contributed by atoms with Crippen LogP contribution < -0.4 is 0 Å². The molecule has 0 aromatic carbocycles. The second kappa shape index (κ2) is 7.54. The van der Waals surface area contributed by atoms with Gasteiger partial charge >= 0.3 is 0 Å². The van der Waals surface area contributed by atoms with Crippen LogP contribution in [0.4, 0.5) is 0 Å². The van der Waals surface area contributed by atoms with Gasteiger partial charge in [-0.3, -0.25) is 4.98 Å². The lowest BCUT2D eigenvalue weighted by atomic mass is 10.1. The van der Waals surface area contributed by atoms with Gasteiger partial charge in [-0.2, -0.15) is 10.2 Å². The Balaban J connectivity index is 0.000000180. The third kappa shape index (κ3) is 5.04. The molecule has 0 amide bonds. The number of pyridine rings is 1. The standard InChI is InChI=1S/C8H11N.C7H10N2/c1-7(2)8-5-3-4-6-9-8;1-6(2)7-3-4-8-9-5-7/h3-7H,1-2H3;3-6H,1-2H3. The van der Waals surface area contributed by atoms with Crippen LogP contribution in [0.5, 0.6) is 0 Å². The highest BCUT2D eigenvalue weighted by Gasteiger charge is 1.95. The van der Waals surface area contributed by atoms with Gasteiger partial charge in [0.05, 0.1) is 6.20 Å². The molecular formula is C15H21N3. The van der Waals surface area contributed by atoms with Gasteiger partial charge in [-0.05, 0) is 35.6 Å². The molecule has 0 N–H and O–H groups in total. The zero-order chi connectivity index (χ0) is 13.4. The highest BCUT2D eigenvalue weighted by atomic mass is 15.1. The molecule has 3 heteroatoms. The first kappa shape index (κ1) is 14.3. The normalized spacial score (nSPS) is 10.1. The van der Waals surface area contributed by atoms with Gasteiger partial charge in [0.2, 0.25) is 0 Å². The Morgan fingerprint density at radius 1 is 0.833 bits per heavy atom. The van der Waals surface area contributed by atoms with Gasteiger partial charge in [-0.25, -0.2) is 0 Å². The molecule has 0 saturated carbocycles. The molecule has 2 rings (SSSR count). The minimum absolute atomic E-state index is 0.547. The number of hydrogen-bond acceptors (Lipinski definition) is 3. The van der Waals surface area contributed by atoms with Crippen LogP contribution in [0.15, 0.2) is 42.9 Å². The summed E-state index contributed by atoms with van der Waals surface area (Å²) in [5.41, 5.74) is 2.41. The molecule has 0 aliphatic heterocycles. The Bertz CT molecular complexity index is 381. The maximum absolute atomic E-state index is 4.18.